The molecule has 1 aromatic heterocycles. The number of carbonyl (C=O) groups is 1. The van der Waals surface area contributed by atoms with Crippen LogP contribution in [0.4, 0.5) is 0 Å². The van der Waals surface area contributed by atoms with Crippen LogP contribution in [0, 0.1) is 24.7 Å². The molecule has 0 unspecified atom stereocenters. The Labute approximate surface area is 197 Å². The van der Waals surface area contributed by atoms with E-state index in [1.54, 1.807) is 0 Å². The van der Waals surface area contributed by atoms with Crippen LogP contribution in [0.5, 0.6) is 5.75 Å². The normalized spacial score (nSPS) is 20.8. The number of nitrogens with zero attached hydrogens (tertiary/aromatic N) is 2. The van der Waals surface area contributed by atoms with Crippen LogP contribution in [0.1, 0.15) is 51.4 Å². The first-order valence-corrected chi connectivity index (χ1v) is 12.2. The molecule has 2 aromatic carbocycles. The fourth-order valence-corrected chi connectivity index (χ4v) is 5.22. The van der Waals surface area contributed by atoms with Gasteiger partial charge in [0.05, 0.1) is 7.05 Å². The van der Waals surface area contributed by atoms with E-state index in [4.69, 9.17) is 9.47 Å². The van der Waals surface area contributed by atoms with Gasteiger partial charge >= 0.3 is 5.97 Å². The molecule has 0 amide bonds. The lowest BCUT2D eigenvalue weighted by Gasteiger charge is -2.36. The van der Waals surface area contributed by atoms with Gasteiger partial charge in [0.15, 0.2) is 24.2 Å². The zero-order valence-corrected chi connectivity index (χ0v) is 20.6. The number of imidazole rings is 1. The quantitative estimate of drug-likeness (QED) is 0.360. The number of esters is 1. The molecule has 1 aliphatic rings. The zero-order chi connectivity index (χ0) is 23.5. The molecule has 0 radical (unpaired) electrons. The Morgan fingerprint density at radius 3 is 2.70 bits per heavy atom. The number of rotatable bonds is 7. The van der Waals surface area contributed by atoms with Crippen LogP contribution in [-0.4, -0.2) is 16.6 Å². The topological polar surface area (TPSA) is 44.3 Å². The zero-order valence-electron chi connectivity index (χ0n) is 20.6. The second-order valence-corrected chi connectivity index (χ2v) is 10.0. The lowest BCUT2D eigenvalue weighted by atomic mass is 9.75. The molecule has 176 valence electrons. The van der Waals surface area contributed by atoms with Gasteiger partial charge < -0.3 is 9.47 Å². The molecule has 1 saturated carbocycles. The second kappa shape index (κ2) is 9.98. The third-order valence-corrected chi connectivity index (χ3v) is 7.12. The van der Waals surface area contributed by atoms with Gasteiger partial charge in [-0.25, -0.2) is 13.9 Å². The fourth-order valence-electron chi connectivity index (χ4n) is 5.22. The van der Waals surface area contributed by atoms with E-state index in [1.807, 2.05) is 41.9 Å². The molecule has 1 heterocycles. The second-order valence-electron chi connectivity index (χ2n) is 10.0. The predicted molar refractivity (Wildman–Crippen MR) is 130 cm³/mol. The Hall–Kier alpha value is -2.82. The lowest BCUT2D eigenvalue weighted by Crippen LogP contribution is -2.37. The molecule has 1 aliphatic carbocycles. The molecular weight excluding hydrogens is 412 g/mol. The minimum atomic E-state index is -0.169. The van der Waals surface area contributed by atoms with E-state index in [0.717, 1.165) is 41.0 Å². The highest BCUT2D eigenvalue weighted by Crippen LogP contribution is 2.35. The van der Waals surface area contributed by atoms with Crippen LogP contribution >= 0.6 is 0 Å². The fraction of sp³-hybridized carbons (Fsp3) is 0.500. The van der Waals surface area contributed by atoms with Crippen molar-refractivity contribution in [1.82, 2.24) is 4.57 Å². The highest BCUT2D eigenvalue weighted by Gasteiger charge is 2.34. The van der Waals surface area contributed by atoms with Crippen LogP contribution in [0.2, 0.25) is 0 Å². The molecule has 3 atom stereocenters. The van der Waals surface area contributed by atoms with Gasteiger partial charge in [0.1, 0.15) is 11.9 Å². The maximum Gasteiger partial charge on any atom is 0.348 e. The summed E-state index contributed by atoms with van der Waals surface area (Å²) in [6.07, 6.45) is 3.31. The van der Waals surface area contributed by atoms with Gasteiger partial charge in [-0.1, -0.05) is 51.5 Å². The van der Waals surface area contributed by atoms with Crippen molar-refractivity contribution < 1.29 is 18.8 Å². The van der Waals surface area contributed by atoms with Gasteiger partial charge in [-0.15, -0.1) is 0 Å². The number of hydrogen-bond donors (Lipinski definition) is 0. The Morgan fingerprint density at radius 2 is 1.94 bits per heavy atom. The molecule has 3 aromatic rings. The van der Waals surface area contributed by atoms with Crippen LogP contribution in [-0.2, 0) is 29.7 Å². The van der Waals surface area contributed by atoms with Crippen molar-refractivity contribution in [3.8, 4) is 5.75 Å². The van der Waals surface area contributed by atoms with E-state index in [0.29, 0.717) is 24.4 Å². The highest BCUT2D eigenvalue weighted by molar-refractivity contribution is 5.76. The van der Waals surface area contributed by atoms with Crippen LogP contribution in [0.15, 0.2) is 48.5 Å². The molecular formula is C28H37N2O3+. The highest BCUT2D eigenvalue weighted by atomic mass is 16.5. The van der Waals surface area contributed by atoms with Gasteiger partial charge in [0.2, 0.25) is 0 Å². The number of benzene rings is 2. The first kappa shape index (κ1) is 23.3. The summed E-state index contributed by atoms with van der Waals surface area (Å²) in [5.74, 6) is 3.14. The van der Waals surface area contributed by atoms with E-state index >= 15 is 0 Å². The summed E-state index contributed by atoms with van der Waals surface area (Å²) in [5.41, 5.74) is 3.24. The smallest absolute Gasteiger partial charge is 0.348 e. The molecule has 33 heavy (non-hydrogen) atoms. The van der Waals surface area contributed by atoms with Gasteiger partial charge in [-0.2, -0.15) is 0 Å². The number of ether oxygens (including phenoxy) is 2. The third kappa shape index (κ3) is 5.23. The van der Waals surface area contributed by atoms with Crippen molar-refractivity contribution in [2.75, 3.05) is 0 Å². The van der Waals surface area contributed by atoms with Crippen molar-refractivity contribution in [2.24, 2.45) is 24.8 Å². The van der Waals surface area contributed by atoms with E-state index in [1.165, 1.54) is 6.42 Å². The molecule has 1 fully saturated rings. The molecule has 0 aliphatic heterocycles. The Kier molecular flexibility index (Phi) is 7.06. The Balaban J connectivity index is 1.57. The number of para-hydroxylation sites is 2. The van der Waals surface area contributed by atoms with E-state index in [2.05, 4.69) is 50.5 Å². The first-order chi connectivity index (χ1) is 15.8. The first-order valence-electron chi connectivity index (χ1n) is 12.2. The number of fused-ring (bicyclic) bond motifs is 1. The summed E-state index contributed by atoms with van der Waals surface area (Å²) >= 11 is 0. The van der Waals surface area contributed by atoms with Crippen LogP contribution in [0.3, 0.4) is 0 Å². The molecule has 0 N–H and O–H groups in total. The van der Waals surface area contributed by atoms with Crippen LogP contribution < -0.4 is 9.30 Å². The maximum atomic E-state index is 13.2. The molecule has 0 saturated heterocycles. The SMILES string of the molecule is Cc1cccc(OCc2n(CC(=O)O[C@@H]3C[C@@H](C)CC[C@@H]3C(C)C)c3ccccc3[n+]2C)c1. The molecule has 5 heteroatoms. The number of hydrogen-bond acceptors (Lipinski definition) is 3. The van der Waals surface area contributed by atoms with Gasteiger partial charge in [0, 0.05) is 0 Å². The van der Waals surface area contributed by atoms with Crippen molar-refractivity contribution >= 4 is 17.0 Å². The maximum absolute atomic E-state index is 13.2. The number of carbonyl (C=O) groups excluding carboxylic acids is 1. The van der Waals surface area contributed by atoms with E-state index < -0.39 is 0 Å². The predicted octanol–water partition coefficient (Wildman–Crippen LogP) is 5.36. The minimum absolute atomic E-state index is 0.00354. The number of aromatic nitrogens is 2. The average molecular weight is 450 g/mol. The Bertz CT molecular complexity index is 1120. The number of aryl methyl sites for hydroxylation is 2. The van der Waals surface area contributed by atoms with Crippen molar-refractivity contribution in [3.63, 3.8) is 0 Å². The lowest BCUT2D eigenvalue weighted by molar-refractivity contribution is -0.655. The summed E-state index contributed by atoms with van der Waals surface area (Å²) < 4.78 is 16.4. The standard InChI is InChI=1S/C28H37N2O3/c1-19(2)23-14-13-21(4)16-26(23)33-28(31)17-30-25-12-7-6-11-24(25)29(5)27(30)18-32-22-10-8-9-20(3)15-22/h6-12,15,19,21,23,26H,13-14,16-18H2,1-5H3/q+1/t21-,23+,26+/m0/s1. The van der Waals surface area contributed by atoms with Crippen molar-refractivity contribution in [3.05, 3.63) is 59.9 Å². The molecule has 0 bridgehead atoms. The third-order valence-electron chi connectivity index (χ3n) is 7.12. The minimum Gasteiger partial charge on any atom is -0.481 e. The van der Waals surface area contributed by atoms with E-state index in [-0.39, 0.29) is 18.6 Å². The average Bonchev–Trinajstić information content (AvgIpc) is 3.03. The molecule has 5 nitrogen and oxygen atoms in total. The van der Waals surface area contributed by atoms with Crippen molar-refractivity contribution in [2.45, 2.75) is 66.2 Å². The van der Waals surface area contributed by atoms with Crippen molar-refractivity contribution in [1.29, 1.82) is 0 Å². The summed E-state index contributed by atoms with van der Waals surface area (Å²) in [6, 6.07) is 16.2. The van der Waals surface area contributed by atoms with E-state index in [9.17, 15) is 4.79 Å². The monoisotopic (exact) mass is 449 g/mol. The van der Waals surface area contributed by atoms with Crippen LogP contribution in [0.25, 0.3) is 11.0 Å². The summed E-state index contributed by atoms with van der Waals surface area (Å²) in [4.78, 5) is 13.2. The summed E-state index contributed by atoms with van der Waals surface area (Å²) in [5, 5.41) is 0. The van der Waals surface area contributed by atoms with Gasteiger partial charge in [0.25, 0.3) is 5.82 Å². The summed E-state index contributed by atoms with van der Waals surface area (Å²) in [7, 11) is 2.02. The van der Waals surface area contributed by atoms with Gasteiger partial charge in [-0.05, 0) is 67.3 Å². The molecule has 0 spiro atoms. The summed E-state index contributed by atoms with van der Waals surface area (Å²) in [6.45, 7) is 9.35. The molecule has 4 rings (SSSR count). The van der Waals surface area contributed by atoms with Gasteiger partial charge in [-0.3, -0.25) is 0 Å². The largest absolute Gasteiger partial charge is 0.481 e. The Morgan fingerprint density at radius 1 is 1.15 bits per heavy atom.